The second-order valence-electron chi connectivity index (χ2n) is 2.69. The van der Waals surface area contributed by atoms with Gasteiger partial charge in [0.1, 0.15) is 5.69 Å². The van der Waals surface area contributed by atoms with Gasteiger partial charge in [0, 0.05) is 7.05 Å². The number of aliphatic imine (C=N–C) groups is 1. The lowest BCUT2D eigenvalue weighted by atomic mass is 10.1. The molecule has 0 saturated carbocycles. The van der Waals surface area contributed by atoms with Gasteiger partial charge in [-0.25, -0.2) is 0 Å². The molecule has 0 amide bonds. The number of nitrogen functional groups attached to an aromatic ring is 3. The largest absolute Gasteiger partial charge is 0.396 e. The van der Waals surface area contributed by atoms with Crippen molar-refractivity contribution in [1.29, 1.82) is 0 Å². The van der Waals surface area contributed by atoms with Gasteiger partial charge in [0.25, 0.3) is 0 Å². The van der Waals surface area contributed by atoms with Gasteiger partial charge in [-0.15, -0.1) is 0 Å². The molecule has 0 aliphatic rings. The molecule has 1 aromatic carbocycles. The molecule has 0 aliphatic carbocycles. The first-order valence-corrected chi connectivity index (χ1v) is 4.92. The maximum absolute atomic E-state index is 5.82. The minimum absolute atomic E-state index is 0.452. The highest BCUT2D eigenvalue weighted by Gasteiger charge is 2.15. The zero-order valence-corrected chi connectivity index (χ0v) is 9.92. The number of nitrogens with zero attached hydrogens (tertiary/aromatic N) is 1. The van der Waals surface area contributed by atoms with Crippen molar-refractivity contribution in [1.82, 2.24) is 0 Å². The van der Waals surface area contributed by atoms with Crippen molar-refractivity contribution in [2.45, 2.75) is 0 Å². The van der Waals surface area contributed by atoms with E-state index in [-0.39, 0.29) is 0 Å². The van der Waals surface area contributed by atoms with Crippen LogP contribution in [-0.4, -0.2) is 13.8 Å². The fraction of sp³-hybridized carbons (Fsp3) is 0.125. The van der Waals surface area contributed by atoms with E-state index in [1.165, 1.54) is 0 Å². The molecular weight excluding hydrogens is 293 g/mol. The fourth-order valence-electron chi connectivity index (χ4n) is 1.18. The van der Waals surface area contributed by atoms with E-state index >= 15 is 0 Å². The number of hydrogen-bond acceptors (Lipinski definition) is 5. The molecule has 0 aliphatic heterocycles. The lowest BCUT2D eigenvalue weighted by molar-refractivity contribution is 1.45. The van der Waals surface area contributed by atoms with Crippen LogP contribution in [-0.2, 0) is 0 Å². The summed E-state index contributed by atoms with van der Waals surface area (Å²) in [7, 11) is 1.73. The predicted molar refractivity (Wildman–Crippen MR) is 71.2 cm³/mol. The van der Waals surface area contributed by atoms with E-state index in [0.717, 1.165) is 0 Å². The Labute approximate surface area is 95.9 Å². The minimum Gasteiger partial charge on any atom is -0.396 e. The molecule has 0 unspecified atom stereocenters. The summed E-state index contributed by atoms with van der Waals surface area (Å²) < 4.78 is 0.710. The topological polar surface area (TPSA) is 102 Å². The highest BCUT2D eigenvalue weighted by Crippen LogP contribution is 2.43. The summed E-state index contributed by atoms with van der Waals surface area (Å²) in [4.78, 5) is 3.83. The molecule has 0 spiro atoms. The van der Waals surface area contributed by atoms with E-state index in [1.807, 2.05) is 22.6 Å². The molecular formula is C8H12IN5. The minimum atomic E-state index is 0.452. The van der Waals surface area contributed by atoms with Gasteiger partial charge in [0.2, 0.25) is 0 Å². The summed E-state index contributed by atoms with van der Waals surface area (Å²) in [5, 5.41) is 2.90. The molecule has 0 saturated heterocycles. The Morgan fingerprint density at radius 2 is 1.79 bits per heavy atom. The Morgan fingerprint density at radius 3 is 2.21 bits per heavy atom. The summed E-state index contributed by atoms with van der Waals surface area (Å²) >= 11 is 2.03. The molecule has 0 fully saturated rings. The average Bonchev–Trinajstić information content (AvgIpc) is 2.20. The zero-order chi connectivity index (χ0) is 10.9. The molecule has 0 radical (unpaired) electrons. The fourth-order valence-corrected chi connectivity index (χ4v) is 1.73. The summed E-state index contributed by atoms with van der Waals surface area (Å²) in [6.45, 7) is 3.44. The van der Waals surface area contributed by atoms with Crippen LogP contribution < -0.4 is 22.5 Å². The van der Waals surface area contributed by atoms with Gasteiger partial charge in [0.15, 0.2) is 0 Å². The highest BCUT2D eigenvalue weighted by molar-refractivity contribution is 14.1. The standard InChI is InChI=1S/C8H12IN5/c1-13-7-5(11)3(9)4(10)6(12)8(7)14-2/h14H,1,10-12H2,2H3. The second-order valence-corrected chi connectivity index (χ2v) is 3.77. The molecule has 14 heavy (non-hydrogen) atoms. The van der Waals surface area contributed by atoms with E-state index in [9.17, 15) is 0 Å². The Hall–Kier alpha value is -1.18. The normalized spacial score (nSPS) is 9.86. The highest BCUT2D eigenvalue weighted by atomic mass is 127. The van der Waals surface area contributed by atoms with Crippen molar-refractivity contribution in [2.24, 2.45) is 4.99 Å². The van der Waals surface area contributed by atoms with Crippen LogP contribution in [0, 0.1) is 3.57 Å². The number of anilines is 4. The van der Waals surface area contributed by atoms with Gasteiger partial charge >= 0.3 is 0 Å². The molecule has 76 valence electrons. The van der Waals surface area contributed by atoms with Gasteiger partial charge in [-0.2, -0.15) is 0 Å². The summed E-state index contributed by atoms with van der Waals surface area (Å²) in [6.07, 6.45) is 0. The monoisotopic (exact) mass is 305 g/mol. The van der Waals surface area contributed by atoms with Gasteiger partial charge < -0.3 is 22.5 Å². The van der Waals surface area contributed by atoms with Crippen molar-refractivity contribution in [3.8, 4) is 0 Å². The quantitative estimate of drug-likeness (QED) is 0.377. The van der Waals surface area contributed by atoms with Crippen LogP contribution in [0.4, 0.5) is 28.4 Å². The number of nitrogens with two attached hydrogens (primary N) is 3. The number of halogens is 1. The molecule has 0 bridgehead atoms. The molecule has 0 heterocycles. The van der Waals surface area contributed by atoms with Crippen molar-refractivity contribution in [3.63, 3.8) is 0 Å². The van der Waals surface area contributed by atoms with E-state index in [2.05, 4.69) is 17.0 Å². The third kappa shape index (κ3) is 1.45. The Balaban J connectivity index is 3.65. The summed E-state index contributed by atoms with van der Waals surface area (Å²) in [5.74, 6) is 0. The van der Waals surface area contributed by atoms with Crippen molar-refractivity contribution < 1.29 is 0 Å². The number of rotatable bonds is 2. The predicted octanol–water partition coefficient (Wildman–Crippen LogP) is 1.41. The van der Waals surface area contributed by atoms with E-state index in [1.54, 1.807) is 7.05 Å². The van der Waals surface area contributed by atoms with Gasteiger partial charge in [-0.05, 0) is 29.3 Å². The Kier molecular flexibility index (Phi) is 3.04. The molecule has 7 N–H and O–H groups in total. The van der Waals surface area contributed by atoms with E-state index in [0.29, 0.717) is 32.0 Å². The average molecular weight is 305 g/mol. The second kappa shape index (κ2) is 3.91. The van der Waals surface area contributed by atoms with Crippen LogP contribution in [0.15, 0.2) is 4.99 Å². The molecule has 1 rings (SSSR count). The number of benzene rings is 1. The smallest absolute Gasteiger partial charge is 0.112 e. The van der Waals surface area contributed by atoms with Gasteiger partial charge in [-0.3, -0.25) is 4.99 Å². The van der Waals surface area contributed by atoms with Crippen molar-refractivity contribution in [2.75, 3.05) is 29.6 Å². The van der Waals surface area contributed by atoms with Crippen LogP contribution in [0.1, 0.15) is 0 Å². The zero-order valence-electron chi connectivity index (χ0n) is 7.76. The first-order chi connectivity index (χ1) is 6.54. The maximum Gasteiger partial charge on any atom is 0.112 e. The van der Waals surface area contributed by atoms with Crippen molar-refractivity contribution >= 4 is 57.7 Å². The Bertz CT molecular complexity index is 388. The first kappa shape index (κ1) is 10.9. The SMILES string of the molecule is C=Nc1c(N)c(I)c(N)c(N)c1NC. The number of nitrogens with one attached hydrogen (secondary N) is 1. The summed E-state index contributed by atoms with van der Waals surface area (Å²) in [5.41, 5.74) is 20.0. The van der Waals surface area contributed by atoms with Crippen molar-refractivity contribution in [3.05, 3.63) is 3.57 Å². The van der Waals surface area contributed by atoms with E-state index < -0.39 is 0 Å². The first-order valence-electron chi connectivity index (χ1n) is 3.84. The Morgan fingerprint density at radius 1 is 1.21 bits per heavy atom. The number of hydrogen-bond donors (Lipinski definition) is 4. The van der Waals surface area contributed by atoms with Crippen LogP contribution >= 0.6 is 22.6 Å². The molecule has 0 aromatic heterocycles. The van der Waals surface area contributed by atoms with Crippen LogP contribution in [0.3, 0.4) is 0 Å². The van der Waals surface area contributed by atoms with Gasteiger partial charge in [0.05, 0.1) is 26.3 Å². The van der Waals surface area contributed by atoms with Gasteiger partial charge in [-0.1, -0.05) is 0 Å². The lowest BCUT2D eigenvalue weighted by Crippen LogP contribution is -2.06. The van der Waals surface area contributed by atoms with Crippen LogP contribution in [0.5, 0.6) is 0 Å². The lowest BCUT2D eigenvalue weighted by Gasteiger charge is -2.15. The molecule has 6 heteroatoms. The van der Waals surface area contributed by atoms with Crippen LogP contribution in [0.25, 0.3) is 0 Å². The molecule has 0 atom stereocenters. The molecule has 1 aromatic rings. The maximum atomic E-state index is 5.82. The van der Waals surface area contributed by atoms with Crippen LogP contribution in [0.2, 0.25) is 0 Å². The third-order valence-electron chi connectivity index (χ3n) is 1.93. The third-order valence-corrected chi connectivity index (χ3v) is 3.09. The summed E-state index contributed by atoms with van der Waals surface area (Å²) in [6, 6.07) is 0. The molecule has 5 nitrogen and oxygen atoms in total. The van der Waals surface area contributed by atoms with E-state index in [4.69, 9.17) is 17.2 Å².